The highest BCUT2D eigenvalue weighted by molar-refractivity contribution is 5.81. The van der Waals surface area contributed by atoms with Gasteiger partial charge in [-0.15, -0.1) is 0 Å². The normalized spacial score (nSPS) is 9.23. The van der Waals surface area contributed by atoms with Crippen molar-refractivity contribution in [2.24, 2.45) is 0 Å². The number of ketones is 1. The van der Waals surface area contributed by atoms with Crippen LogP contribution in [0.2, 0.25) is 0 Å². The maximum atomic E-state index is 10.9. The zero-order chi connectivity index (χ0) is 9.84. The Morgan fingerprint density at radius 3 is 2.85 bits per heavy atom. The van der Waals surface area contributed by atoms with E-state index in [0.29, 0.717) is 16.8 Å². The molecule has 0 fully saturated rings. The fourth-order valence-corrected chi connectivity index (χ4v) is 1.16. The zero-order valence-electron chi connectivity index (χ0n) is 7.37. The SMILES string of the molecule is CC(=O)Cc1c(N)cccc1C#N. The van der Waals surface area contributed by atoms with E-state index in [4.69, 9.17) is 11.0 Å². The first-order valence-electron chi connectivity index (χ1n) is 3.92. The summed E-state index contributed by atoms with van der Waals surface area (Å²) in [5, 5.41) is 8.74. The summed E-state index contributed by atoms with van der Waals surface area (Å²) in [6, 6.07) is 7.07. The van der Waals surface area contributed by atoms with Crippen molar-refractivity contribution in [2.45, 2.75) is 13.3 Å². The lowest BCUT2D eigenvalue weighted by Gasteiger charge is -2.04. The second kappa shape index (κ2) is 3.72. The number of rotatable bonds is 2. The number of hydrogen-bond acceptors (Lipinski definition) is 3. The third-order valence-corrected chi connectivity index (χ3v) is 1.76. The zero-order valence-corrected chi connectivity index (χ0v) is 7.37. The Kier molecular flexibility index (Phi) is 2.65. The molecule has 3 heteroatoms. The monoisotopic (exact) mass is 174 g/mol. The quantitative estimate of drug-likeness (QED) is 0.686. The number of hydrogen-bond donors (Lipinski definition) is 1. The molecule has 13 heavy (non-hydrogen) atoms. The van der Waals surface area contributed by atoms with Crippen LogP contribution in [0.5, 0.6) is 0 Å². The van der Waals surface area contributed by atoms with Crippen molar-refractivity contribution in [3.63, 3.8) is 0 Å². The molecule has 0 heterocycles. The Labute approximate surface area is 76.8 Å². The fraction of sp³-hybridized carbons (Fsp3) is 0.200. The second-order valence-electron chi connectivity index (χ2n) is 2.86. The van der Waals surface area contributed by atoms with Crippen molar-refractivity contribution in [1.29, 1.82) is 5.26 Å². The standard InChI is InChI=1S/C10H10N2O/c1-7(13)5-9-8(6-11)3-2-4-10(9)12/h2-4H,5,12H2,1H3. The van der Waals surface area contributed by atoms with Crippen LogP contribution in [-0.2, 0) is 11.2 Å². The predicted octanol–water partition coefficient (Wildman–Crippen LogP) is 1.27. The molecular formula is C10H10N2O. The summed E-state index contributed by atoms with van der Waals surface area (Å²) < 4.78 is 0. The molecule has 66 valence electrons. The summed E-state index contributed by atoms with van der Waals surface area (Å²) in [4.78, 5) is 10.9. The van der Waals surface area contributed by atoms with Crippen LogP contribution >= 0.6 is 0 Å². The van der Waals surface area contributed by atoms with E-state index in [-0.39, 0.29) is 12.2 Å². The average molecular weight is 174 g/mol. The molecule has 0 spiro atoms. The highest BCUT2D eigenvalue weighted by atomic mass is 16.1. The van der Waals surface area contributed by atoms with Gasteiger partial charge in [-0.25, -0.2) is 0 Å². The van der Waals surface area contributed by atoms with E-state index >= 15 is 0 Å². The number of nitrogens with two attached hydrogens (primary N) is 1. The summed E-state index contributed by atoms with van der Waals surface area (Å²) in [6.07, 6.45) is 0.232. The molecule has 0 unspecified atom stereocenters. The first-order chi connectivity index (χ1) is 6.15. The van der Waals surface area contributed by atoms with Gasteiger partial charge in [0, 0.05) is 17.7 Å². The van der Waals surface area contributed by atoms with Gasteiger partial charge in [0.25, 0.3) is 0 Å². The molecule has 0 atom stereocenters. The number of carbonyl (C=O) groups is 1. The van der Waals surface area contributed by atoms with E-state index in [1.807, 2.05) is 6.07 Å². The summed E-state index contributed by atoms with van der Waals surface area (Å²) >= 11 is 0. The van der Waals surface area contributed by atoms with E-state index < -0.39 is 0 Å². The van der Waals surface area contributed by atoms with Gasteiger partial charge in [0.2, 0.25) is 0 Å². The van der Waals surface area contributed by atoms with E-state index in [1.54, 1.807) is 18.2 Å². The summed E-state index contributed by atoms with van der Waals surface area (Å²) in [7, 11) is 0. The Balaban J connectivity index is 3.17. The molecule has 0 aliphatic heterocycles. The molecule has 3 nitrogen and oxygen atoms in total. The highest BCUT2D eigenvalue weighted by Gasteiger charge is 2.07. The summed E-state index contributed by atoms with van der Waals surface area (Å²) in [6.45, 7) is 1.48. The smallest absolute Gasteiger partial charge is 0.134 e. The van der Waals surface area contributed by atoms with Crippen molar-refractivity contribution in [3.05, 3.63) is 29.3 Å². The first-order valence-corrected chi connectivity index (χ1v) is 3.92. The number of nitrogen functional groups attached to an aromatic ring is 1. The minimum absolute atomic E-state index is 0.00870. The molecule has 1 rings (SSSR count). The summed E-state index contributed by atoms with van der Waals surface area (Å²) in [5.74, 6) is 0.00870. The molecule has 1 aromatic carbocycles. The minimum Gasteiger partial charge on any atom is -0.398 e. The Hall–Kier alpha value is -1.82. The van der Waals surface area contributed by atoms with Crippen LogP contribution in [0.3, 0.4) is 0 Å². The number of nitrogens with zero attached hydrogens (tertiary/aromatic N) is 1. The number of benzene rings is 1. The van der Waals surface area contributed by atoms with Gasteiger partial charge < -0.3 is 5.73 Å². The highest BCUT2D eigenvalue weighted by Crippen LogP contribution is 2.16. The topological polar surface area (TPSA) is 66.9 Å². The third-order valence-electron chi connectivity index (χ3n) is 1.76. The molecule has 0 bridgehead atoms. The van der Waals surface area contributed by atoms with Crippen LogP contribution in [0.4, 0.5) is 5.69 Å². The number of anilines is 1. The molecule has 0 amide bonds. The molecule has 0 aromatic heterocycles. The van der Waals surface area contributed by atoms with Crippen LogP contribution < -0.4 is 5.73 Å². The maximum Gasteiger partial charge on any atom is 0.134 e. The lowest BCUT2D eigenvalue weighted by molar-refractivity contribution is -0.116. The van der Waals surface area contributed by atoms with Gasteiger partial charge in [-0.2, -0.15) is 5.26 Å². The predicted molar refractivity (Wildman–Crippen MR) is 50.0 cm³/mol. The number of carbonyl (C=O) groups excluding carboxylic acids is 1. The van der Waals surface area contributed by atoms with Gasteiger partial charge in [0.05, 0.1) is 11.6 Å². The fourth-order valence-electron chi connectivity index (χ4n) is 1.16. The largest absolute Gasteiger partial charge is 0.398 e. The Bertz CT molecular complexity index is 377. The van der Waals surface area contributed by atoms with Crippen LogP contribution in [-0.4, -0.2) is 5.78 Å². The van der Waals surface area contributed by atoms with Crippen molar-refractivity contribution < 1.29 is 4.79 Å². The van der Waals surface area contributed by atoms with Gasteiger partial charge in [-0.1, -0.05) is 6.07 Å². The van der Waals surface area contributed by atoms with Crippen LogP contribution in [0, 0.1) is 11.3 Å². The molecule has 0 aliphatic rings. The lowest BCUT2D eigenvalue weighted by Crippen LogP contribution is -2.03. The summed E-state index contributed by atoms with van der Waals surface area (Å²) in [5.41, 5.74) is 7.27. The van der Waals surface area contributed by atoms with E-state index in [2.05, 4.69) is 0 Å². The molecular weight excluding hydrogens is 164 g/mol. The second-order valence-corrected chi connectivity index (χ2v) is 2.86. The molecule has 2 N–H and O–H groups in total. The van der Waals surface area contributed by atoms with Gasteiger partial charge in [0.15, 0.2) is 0 Å². The maximum absolute atomic E-state index is 10.9. The molecule has 0 aliphatic carbocycles. The molecule has 1 aromatic rings. The van der Waals surface area contributed by atoms with E-state index in [1.165, 1.54) is 6.92 Å². The Morgan fingerprint density at radius 2 is 2.31 bits per heavy atom. The van der Waals surface area contributed by atoms with Gasteiger partial charge in [-0.3, -0.25) is 4.79 Å². The first kappa shape index (κ1) is 9.27. The van der Waals surface area contributed by atoms with Crippen molar-refractivity contribution in [2.75, 3.05) is 5.73 Å². The lowest BCUT2D eigenvalue weighted by atomic mass is 10.0. The van der Waals surface area contributed by atoms with Gasteiger partial charge >= 0.3 is 0 Å². The van der Waals surface area contributed by atoms with E-state index in [0.717, 1.165) is 0 Å². The Morgan fingerprint density at radius 1 is 1.62 bits per heavy atom. The number of Topliss-reactive ketones (excluding diaryl/α,β-unsaturated/α-hetero) is 1. The molecule has 0 saturated carbocycles. The number of nitriles is 1. The molecule has 0 radical (unpaired) electrons. The van der Waals surface area contributed by atoms with Crippen molar-refractivity contribution in [3.8, 4) is 6.07 Å². The third kappa shape index (κ3) is 2.06. The van der Waals surface area contributed by atoms with Crippen LogP contribution in [0.15, 0.2) is 18.2 Å². The van der Waals surface area contributed by atoms with Crippen LogP contribution in [0.25, 0.3) is 0 Å². The average Bonchev–Trinajstić information content (AvgIpc) is 2.08. The van der Waals surface area contributed by atoms with Crippen molar-refractivity contribution >= 4 is 11.5 Å². The van der Waals surface area contributed by atoms with E-state index in [9.17, 15) is 4.79 Å². The van der Waals surface area contributed by atoms with Crippen LogP contribution in [0.1, 0.15) is 18.1 Å². The van der Waals surface area contributed by atoms with Crippen molar-refractivity contribution in [1.82, 2.24) is 0 Å². The van der Waals surface area contributed by atoms with Gasteiger partial charge in [-0.05, 0) is 19.1 Å². The van der Waals surface area contributed by atoms with Gasteiger partial charge in [0.1, 0.15) is 5.78 Å². The minimum atomic E-state index is 0.00870. The molecule has 0 saturated heterocycles.